The summed E-state index contributed by atoms with van der Waals surface area (Å²) in [5, 5.41) is 3.38. The molecule has 0 spiro atoms. The van der Waals surface area contributed by atoms with Crippen LogP contribution in [0.4, 0.5) is 11.5 Å². The van der Waals surface area contributed by atoms with Crippen molar-refractivity contribution >= 4 is 34.9 Å². The summed E-state index contributed by atoms with van der Waals surface area (Å²) >= 11 is 5.84. The molecule has 1 fully saturated rings. The van der Waals surface area contributed by atoms with Crippen molar-refractivity contribution in [2.75, 3.05) is 36.4 Å². The van der Waals surface area contributed by atoms with E-state index in [-0.39, 0.29) is 17.5 Å². The van der Waals surface area contributed by atoms with E-state index < -0.39 is 0 Å². The molecular formula is C17H18ClN5O2. The van der Waals surface area contributed by atoms with Crippen molar-refractivity contribution < 1.29 is 9.59 Å². The van der Waals surface area contributed by atoms with Gasteiger partial charge in [-0.05, 0) is 24.3 Å². The van der Waals surface area contributed by atoms with Gasteiger partial charge < -0.3 is 15.1 Å². The topological polar surface area (TPSA) is 78.4 Å². The van der Waals surface area contributed by atoms with Crippen LogP contribution in [-0.4, -0.2) is 52.9 Å². The van der Waals surface area contributed by atoms with Crippen LogP contribution in [0.1, 0.15) is 17.4 Å². The molecule has 25 heavy (non-hydrogen) atoms. The third-order valence-electron chi connectivity index (χ3n) is 4.04. The SMILES string of the molecule is CC(=O)N1CCN(c2cc(C(=O)Nc3ccc(Cl)cc3)ncn2)CC1. The van der Waals surface area contributed by atoms with E-state index in [1.165, 1.54) is 6.33 Å². The van der Waals surface area contributed by atoms with Crippen LogP contribution in [-0.2, 0) is 4.79 Å². The van der Waals surface area contributed by atoms with Gasteiger partial charge in [-0.25, -0.2) is 9.97 Å². The lowest BCUT2D eigenvalue weighted by atomic mass is 10.2. The lowest BCUT2D eigenvalue weighted by Gasteiger charge is -2.34. The highest BCUT2D eigenvalue weighted by Crippen LogP contribution is 2.17. The third-order valence-corrected chi connectivity index (χ3v) is 4.29. The van der Waals surface area contributed by atoms with Gasteiger partial charge in [-0.1, -0.05) is 11.6 Å². The molecule has 0 saturated carbocycles. The predicted molar refractivity (Wildman–Crippen MR) is 95.9 cm³/mol. The molecule has 2 heterocycles. The van der Waals surface area contributed by atoms with Gasteiger partial charge in [0.05, 0.1) is 0 Å². The molecule has 3 rings (SSSR count). The Morgan fingerprint density at radius 1 is 1.08 bits per heavy atom. The molecule has 1 aliphatic rings. The number of benzene rings is 1. The molecule has 1 aliphatic heterocycles. The molecule has 0 aliphatic carbocycles. The smallest absolute Gasteiger partial charge is 0.274 e. The van der Waals surface area contributed by atoms with Crippen molar-refractivity contribution in [2.24, 2.45) is 0 Å². The van der Waals surface area contributed by atoms with Crippen molar-refractivity contribution in [3.8, 4) is 0 Å². The van der Waals surface area contributed by atoms with E-state index in [0.717, 1.165) is 0 Å². The largest absolute Gasteiger partial charge is 0.353 e. The lowest BCUT2D eigenvalue weighted by molar-refractivity contribution is -0.129. The first-order chi connectivity index (χ1) is 12.0. The summed E-state index contributed by atoms with van der Waals surface area (Å²) in [7, 11) is 0. The van der Waals surface area contributed by atoms with Crippen LogP contribution in [0.25, 0.3) is 0 Å². The lowest BCUT2D eigenvalue weighted by Crippen LogP contribution is -2.48. The van der Waals surface area contributed by atoms with E-state index >= 15 is 0 Å². The molecule has 130 valence electrons. The van der Waals surface area contributed by atoms with E-state index in [9.17, 15) is 9.59 Å². The van der Waals surface area contributed by atoms with Crippen molar-refractivity contribution in [1.82, 2.24) is 14.9 Å². The summed E-state index contributed by atoms with van der Waals surface area (Å²) < 4.78 is 0. The summed E-state index contributed by atoms with van der Waals surface area (Å²) in [6.45, 7) is 4.21. The van der Waals surface area contributed by atoms with Gasteiger partial charge in [0.1, 0.15) is 17.8 Å². The maximum Gasteiger partial charge on any atom is 0.274 e. The number of anilines is 2. The van der Waals surface area contributed by atoms with E-state index in [2.05, 4.69) is 15.3 Å². The van der Waals surface area contributed by atoms with E-state index in [4.69, 9.17) is 11.6 Å². The molecule has 1 aromatic carbocycles. The molecule has 7 nitrogen and oxygen atoms in total. The van der Waals surface area contributed by atoms with Gasteiger partial charge >= 0.3 is 0 Å². The van der Waals surface area contributed by atoms with Crippen LogP contribution in [0.5, 0.6) is 0 Å². The van der Waals surface area contributed by atoms with Crippen LogP contribution in [0.15, 0.2) is 36.7 Å². The molecule has 0 unspecified atom stereocenters. The van der Waals surface area contributed by atoms with Crippen molar-refractivity contribution in [1.29, 1.82) is 0 Å². The fraction of sp³-hybridized carbons (Fsp3) is 0.294. The number of piperazine rings is 1. The predicted octanol–water partition coefficient (Wildman–Crippen LogP) is 2.05. The Balaban J connectivity index is 1.68. The molecule has 1 saturated heterocycles. The molecule has 1 N–H and O–H groups in total. The van der Waals surface area contributed by atoms with Crippen LogP contribution in [0.2, 0.25) is 5.02 Å². The number of aromatic nitrogens is 2. The van der Waals surface area contributed by atoms with Gasteiger partial charge in [-0.3, -0.25) is 9.59 Å². The number of hydrogen-bond acceptors (Lipinski definition) is 5. The Morgan fingerprint density at radius 2 is 1.76 bits per heavy atom. The van der Waals surface area contributed by atoms with Crippen LogP contribution < -0.4 is 10.2 Å². The van der Waals surface area contributed by atoms with Crippen LogP contribution in [0.3, 0.4) is 0 Å². The molecular weight excluding hydrogens is 342 g/mol. The number of nitrogens with one attached hydrogen (secondary N) is 1. The number of halogens is 1. The summed E-state index contributed by atoms with van der Waals surface area (Å²) in [6, 6.07) is 8.52. The number of hydrogen-bond donors (Lipinski definition) is 1. The van der Waals surface area contributed by atoms with Crippen LogP contribution >= 0.6 is 11.6 Å². The number of nitrogens with zero attached hydrogens (tertiary/aromatic N) is 4. The van der Waals surface area contributed by atoms with Gasteiger partial charge in [0.25, 0.3) is 5.91 Å². The van der Waals surface area contributed by atoms with Crippen molar-refractivity contribution in [2.45, 2.75) is 6.92 Å². The maximum atomic E-state index is 12.4. The summed E-state index contributed by atoms with van der Waals surface area (Å²) in [6.07, 6.45) is 1.38. The second kappa shape index (κ2) is 7.48. The second-order valence-corrected chi connectivity index (χ2v) is 6.15. The highest BCUT2D eigenvalue weighted by molar-refractivity contribution is 6.30. The quantitative estimate of drug-likeness (QED) is 0.907. The molecule has 2 amide bonds. The molecule has 0 radical (unpaired) electrons. The Bertz CT molecular complexity index is 773. The fourth-order valence-corrected chi connectivity index (χ4v) is 2.75. The average molecular weight is 360 g/mol. The second-order valence-electron chi connectivity index (χ2n) is 5.72. The number of carbonyl (C=O) groups is 2. The molecule has 2 aromatic rings. The summed E-state index contributed by atoms with van der Waals surface area (Å²) in [5.74, 6) is 0.443. The zero-order valence-electron chi connectivity index (χ0n) is 13.8. The molecule has 0 atom stereocenters. The minimum absolute atomic E-state index is 0.0744. The normalized spacial score (nSPS) is 14.3. The Morgan fingerprint density at radius 3 is 2.40 bits per heavy atom. The zero-order valence-corrected chi connectivity index (χ0v) is 14.5. The maximum absolute atomic E-state index is 12.4. The van der Waals surface area contributed by atoms with E-state index in [1.807, 2.05) is 4.90 Å². The number of rotatable bonds is 3. The number of carbonyl (C=O) groups excluding carboxylic acids is 2. The average Bonchev–Trinajstić information content (AvgIpc) is 2.64. The van der Waals surface area contributed by atoms with Gasteiger partial charge in [0, 0.05) is 49.9 Å². The van der Waals surface area contributed by atoms with Crippen molar-refractivity contribution in [3.05, 3.63) is 47.4 Å². The van der Waals surface area contributed by atoms with Crippen molar-refractivity contribution in [3.63, 3.8) is 0 Å². The van der Waals surface area contributed by atoms with Gasteiger partial charge in [0.2, 0.25) is 5.91 Å². The fourth-order valence-electron chi connectivity index (χ4n) is 2.62. The highest BCUT2D eigenvalue weighted by atomic mass is 35.5. The minimum Gasteiger partial charge on any atom is -0.353 e. The summed E-state index contributed by atoms with van der Waals surface area (Å²) in [5.41, 5.74) is 0.929. The third kappa shape index (κ3) is 4.24. The summed E-state index contributed by atoms with van der Waals surface area (Å²) in [4.78, 5) is 35.9. The molecule has 1 aromatic heterocycles. The van der Waals surface area contributed by atoms with E-state index in [1.54, 1.807) is 42.2 Å². The van der Waals surface area contributed by atoms with E-state index in [0.29, 0.717) is 42.7 Å². The van der Waals surface area contributed by atoms with Gasteiger partial charge in [0.15, 0.2) is 0 Å². The standard InChI is InChI=1S/C17H18ClN5O2/c1-12(24)22-6-8-23(9-7-22)16-10-15(19-11-20-16)17(25)21-14-4-2-13(18)3-5-14/h2-5,10-11H,6-9H2,1H3,(H,21,25). The molecule has 8 heteroatoms. The minimum atomic E-state index is -0.312. The van der Waals surface area contributed by atoms with Crippen LogP contribution in [0, 0.1) is 0 Å². The first-order valence-corrected chi connectivity index (χ1v) is 8.30. The first kappa shape index (κ1) is 17.2. The van der Waals surface area contributed by atoms with Gasteiger partial charge in [-0.2, -0.15) is 0 Å². The highest BCUT2D eigenvalue weighted by Gasteiger charge is 2.20. The Hall–Kier alpha value is -2.67. The Kier molecular flexibility index (Phi) is 5.14. The Labute approximate surface area is 150 Å². The van der Waals surface area contributed by atoms with Gasteiger partial charge in [-0.15, -0.1) is 0 Å². The monoisotopic (exact) mass is 359 g/mol. The first-order valence-electron chi connectivity index (χ1n) is 7.92. The zero-order chi connectivity index (χ0) is 17.8. The number of amides is 2. The molecule has 0 bridgehead atoms.